The van der Waals surface area contributed by atoms with E-state index in [1.807, 2.05) is 39.8 Å². The van der Waals surface area contributed by atoms with E-state index in [1.165, 1.54) is 11.8 Å². The lowest BCUT2D eigenvalue weighted by molar-refractivity contribution is -0.138. The van der Waals surface area contributed by atoms with Crippen molar-refractivity contribution in [3.8, 4) is 0 Å². The van der Waals surface area contributed by atoms with E-state index in [0.29, 0.717) is 31.4 Å². The second kappa shape index (κ2) is 12.5. The number of carbonyl (C=O) groups excluding carboxylic acids is 5. The lowest BCUT2D eigenvalue weighted by Crippen LogP contribution is -2.53. The predicted molar refractivity (Wildman–Crippen MR) is 154 cm³/mol. The van der Waals surface area contributed by atoms with Crippen molar-refractivity contribution in [2.24, 2.45) is 11.8 Å². The Balaban J connectivity index is 1.77. The van der Waals surface area contributed by atoms with Crippen LogP contribution in [0.2, 0.25) is 0 Å². The minimum Gasteiger partial charge on any atom is -0.345 e. The minimum absolute atomic E-state index is 0.0442. The van der Waals surface area contributed by atoms with Gasteiger partial charge in [-0.15, -0.1) is 0 Å². The van der Waals surface area contributed by atoms with Crippen LogP contribution in [0, 0.1) is 11.8 Å². The summed E-state index contributed by atoms with van der Waals surface area (Å²) in [6.45, 7) is 15.8. The molecule has 4 unspecified atom stereocenters. The van der Waals surface area contributed by atoms with Crippen molar-refractivity contribution in [1.82, 2.24) is 20.4 Å². The second-order valence-corrected chi connectivity index (χ2v) is 13.1. The van der Waals surface area contributed by atoms with Crippen LogP contribution in [0.1, 0.15) is 90.6 Å². The highest BCUT2D eigenvalue weighted by Crippen LogP contribution is 2.32. The zero-order valence-corrected chi connectivity index (χ0v) is 25.2. The fraction of sp³-hybridized carbons (Fsp3) is 0.645. The Bertz CT molecular complexity index is 1120. The van der Waals surface area contributed by atoms with Crippen LogP contribution in [-0.4, -0.2) is 76.5 Å². The van der Waals surface area contributed by atoms with Gasteiger partial charge >= 0.3 is 0 Å². The van der Waals surface area contributed by atoms with Gasteiger partial charge in [-0.2, -0.15) is 0 Å². The molecule has 9 nitrogen and oxygen atoms in total. The lowest BCUT2D eigenvalue weighted by atomic mass is 9.86. The van der Waals surface area contributed by atoms with Crippen molar-refractivity contribution in [2.45, 2.75) is 104 Å². The normalized spacial score (nSPS) is 20.5. The molecule has 0 spiro atoms. The summed E-state index contributed by atoms with van der Waals surface area (Å²) in [4.78, 5) is 68.5. The molecule has 0 saturated carbocycles. The monoisotopic (exact) mass is 554 g/mol. The molecule has 4 atom stereocenters. The van der Waals surface area contributed by atoms with Gasteiger partial charge < -0.3 is 20.4 Å². The molecule has 0 aromatic heterocycles. The van der Waals surface area contributed by atoms with Gasteiger partial charge in [-0.25, -0.2) is 0 Å². The third kappa shape index (κ3) is 7.29. The summed E-state index contributed by atoms with van der Waals surface area (Å²) < 4.78 is 0. The van der Waals surface area contributed by atoms with Gasteiger partial charge in [-0.3, -0.25) is 24.0 Å². The SMILES string of the molecule is CC(=O)NC(CC(C)C)C(=O)N1CC(=O)C2C1CCN2C(=O)C(CC(C)C)NC(=O)c1ccc(C(C)(C)C)cc1. The van der Waals surface area contributed by atoms with Crippen LogP contribution in [0.15, 0.2) is 24.3 Å². The molecule has 2 saturated heterocycles. The first-order valence-electron chi connectivity index (χ1n) is 14.4. The van der Waals surface area contributed by atoms with Gasteiger partial charge in [0.2, 0.25) is 17.7 Å². The molecule has 1 aromatic rings. The van der Waals surface area contributed by atoms with Gasteiger partial charge in [0.15, 0.2) is 5.78 Å². The summed E-state index contributed by atoms with van der Waals surface area (Å²) in [5.41, 5.74) is 1.53. The third-order valence-electron chi connectivity index (χ3n) is 7.69. The molecule has 40 heavy (non-hydrogen) atoms. The van der Waals surface area contributed by atoms with Crippen LogP contribution in [-0.2, 0) is 24.6 Å². The quantitative estimate of drug-likeness (QED) is 0.487. The highest BCUT2D eigenvalue weighted by atomic mass is 16.2. The number of nitrogens with one attached hydrogen (secondary N) is 2. The Morgan fingerprint density at radius 2 is 1.40 bits per heavy atom. The summed E-state index contributed by atoms with van der Waals surface area (Å²) in [6, 6.07) is 4.70. The predicted octanol–water partition coefficient (Wildman–Crippen LogP) is 3.06. The van der Waals surface area contributed by atoms with E-state index in [4.69, 9.17) is 0 Å². The van der Waals surface area contributed by atoms with E-state index in [9.17, 15) is 24.0 Å². The van der Waals surface area contributed by atoms with E-state index >= 15 is 0 Å². The molecular formula is C31H46N4O5. The molecule has 3 rings (SSSR count). The van der Waals surface area contributed by atoms with E-state index < -0.39 is 24.2 Å². The van der Waals surface area contributed by atoms with Crippen molar-refractivity contribution in [1.29, 1.82) is 0 Å². The van der Waals surface area contributed by atoms with Gasteiger partial charge in [-0.1, -0.05) is 60.6 Å². The number of benzene rings is 1. The largest absolute Gasteiger partial charge is 0.345 e. The highest BCUT2D eigenvalue weighted by molar-refractivity contribution is 6.01. The Morgan fingerprint density at radius 1 is 0.875 bits per heavy atom. The fourth-order valence-corrected chi connectivity index (χ4v) is 5.75. The average molecular weight is 555 g/mol. The molecule has 2 aliphatic heterocycles. The first kappa shape index (κ1) is 31.3. The van der Waals surface area contributed by atoms with Crippen molar-refractivity contribution < 1.29 is 24.0 Å². The first-order valence-corrected chi connectivity index (χ1v) is 14.4. The number of likely N-dealkylation sites (tertiary alicyclic amines) is 2. The molecule has 9 heteroatoms. The number of hydrogen-bond acceptors (Lipinski definition) is 5. The van der Waals surface area contributed by atoms with Crippen molar-refractivity contribution >= 4 is 29.4 Å². The summed E-state index contributed by atoms with van der Waals surface area (Å²) in [7, 11) is 0. The Labute approximate surface area is 238 Å². The van der Waals surface area contributed by atoms with Crippen LogP contribution < -0.4 is 10.6 Å². The number of Topliss-reactive ketones (excluding diaryl/α,β-unsaturated/α-hetero) is 1. The van der Waals surface area contributed by atoms with Gasteiger partial charge in [0.1, 0.15) is 18.1 Å². The van der Waals surface area contributed by atoms with Crippen LogP contribution in [0.5, 0.6) is 0 Å². The van der Waals surface area contributed by atoms with E-state index in [0.717, 1.165) is 5.56 Å². The number of amides is 4. The maximum atomic E-state index is 13.8. The van der Waals surface area contributed by atoms with Crippen LogP contribution in [0.3, 0.4) is 0 Å². The number of rotatable bonds is 9. The topological polar surface area (TPSA) is 116 Å². The molecule has 4 amide bonds. The van der Waals surface area contributed by atoms with Gasteiger partial charge in [0.05, 0.1) is 12.6 Å². The summed E-state index contributed by atoms with van der Waals surface area (Å²) >= 11 is 0. The van der Waals surface area contributed by atoms with Crippen molar-refractivity contribution in [3.63, 3.8) is 0 Å². The van der Waals surface area contributed by atoms with Crippen molar-refractivity contribution in [3.05, 3.63) is 35.4 Å². The third-order valence-corrected chi connectivity index (χ3v) is 7.69. The molecule has 2 heterocycles. The number of carbonyl (C=O) groups is 5. The summed E-state index contributed by atoms with van der Waals surface area (Å²) in [6.07, 6.45) is 1.36. The maximum Gasteiger partial charge on any atom is 0.251 e. The van der Waals surface area contributed by atoms with E-state index in [-0.39, 0.29) is 53.2 Å². The number of hydrogen-bond donors (Lipinski definition) is 2. The lowest BCUT2D eigenvalue weighted by Gasteiger charge is -2.30. The smallest absolute Gasteiger partial charge is 0.251 e. The molecule has 1 aromatic carbocycles. The molecule has 2 aliphatic rings. The zero-order chi connectivity index (χ0) is 29.9. The standard InChI is InChI=1S/C31H46N4O5/c1-18(2)15-23(32-20(5)36)30(40)35-17-26(37)27-25(35)13-14-34(27)29(39)24(16-19(3)4)33-28(38)21-9-11-22(12-10-21)31(6,7)8/h9-12,18-19,23-25,27H,13-17H2,1-8H3,(H,32,36)(H,33,38). The number of nitrogens with zero attached hydrogens (tertiary/aromatic N) is 2. The van der Waals surface area contributed by atoms with Gasteiger partial charge in [0, 0.05) is 19.0 Å². The van der Waals surface area contributed by atoms with Crippen LogP contribution >= 0.6 is 0 Å². The number of ketones is 1. The highest BCUT2D eigenvalue weighted by Gasteiger charge is 2.53. The molecule has 2 N–H and O–H groups in total. The van der Waals surface area contributed by atoms with Gasteiger partial charge in [-0.05, 0) is 54.2 Å². The van der Waals surface area contributed by atoms with E-state index in [2.05, 4.69) is 31.4 Å². The second-order valence-electron chi connectivity index (χ2n) is 13.1. The zero-order valence-electron chi connectivity index (χ0n) is 25.2. The molecule has 220 valence electrons. The Kier molecular flexibility index (Phi) is 9.80. The summed E-state index contributed by atoms with van der Waals surface area (Å²) in [5, 5.41) is 5.66. The van der Waals surface area contributed by atoms with Crippen molar-refractivity contribution in [2.75, 3.05) is 13.1 Å². The summed E-state index contributed by atoms with van der Waals surface area (Å²) in [5.74, 6) is -1.12. The Hall–Kier alpha value is -3.23. The maximum absolute atomic E-state index is 13.8. The number of fused-ring (bicyclic) bond motifs is 1. The molecule has 0 bridgehead atoms. The van der Waals surface area contributed by atoms with E-state index in [1.54, 1.807) is 17.0 Å². The molecule has 2 fully saturated rings. The minimum atomic E-state index is -0.792. The van der Waals surface area contributed by atoms with Gasteiger partial charge in [0.25, 0.3) is 5.91 Å². The first-order chi connectivity index (χ1) is 18.6. The van der Waals surface area contributed by atoms with Crippen LogP contribution in [0.25, 0.3) is 0 Å². The fourth-order valence-electron chi connectivity index (χ4n) is 5.75. The molecule has 0 radical (unpaired) electrons. The van der Waals surface area contributed by atoms with Crippen LogP contribution in [0.4, 0.5) is 0 Å². The average Bonchev–Trinajstić information content (AvgIpc) is 3.42. The Morgan fingerprint density at radius 3 is 1.90 bits per heavy atom. The molecule has 0 aliphatic carbocycles. The molecular weight excluding hydrogens is 508 g/mol.